The van der Waals surface area contributed by atoms with Crippen molar-refractivity contribution < 1.29 is 35.9 Å². The van der Waals surface area contributed by atoms with E-state index >= 15 is 0 Å². The fourth-order valence-corrected chi connectivity index (χ4v) is 4.65. The molecule has 0 saturated carbocycles. The van der Waals surface area contributed by atoms with Crippen LogP contribution in [0.25, 0.3) is 0 Å². The van der Waals surface area contributed by atoms with Crippen LogP contribution in [-0.2, 0) is 24.3 Å². The highest BCUT2D eigenvalue weighted by atomic mass is 32.2. The van der Waals surface area contributed by atoms with Gasteiger partial charge in [-0.2, -0.15) is 17.9 Å². The average Bonchev–Trinajstić information content (AvgIpc) is 2.58. The first kappa shape index (κ1) is 24.7. The molecule has 2 atom stereocenters. The molecule has 0 aromatic heterocycles. The van der Waals surface area contributed by atoms with Gasteiger partial charge >= 0.3 is 12.1 Å². The topological polar surface area (TPSA) is 81.7 Å². The summed E-state index contributed by atoms with van der Waals surface area (Å²) in [4.78, 5) is 11.8. The lowest BCUT2D eigenvalue weighted by atomic mass is 10.2. The summed E-state index contributed by atoms with van der Waals surface area (Å²) < 4.78 is 76.8. The number of sulfonamides is 1. The number of rotatable bonds is 8. The van der Waals surface area contributed by atoms with Crippen molar-refractivity contribution in [2.45, 2.75) is 43.1 Å². The monoisotopic (exact) mass is 459 g/mol. The number of carbonyl (C=O) groups is 1. The molecule has 0 fully saturated rings. The van der Waals surface area contributed by atoms with E-state index in [4.69, 9.17) is 17.0 Å². The number of halogens is 3. The van der Waals surface area contributed by atoms with Crippen LogP contribution in [0.3, 0.4) is 0 Å². The molecule has 0 radical (unpaired) electrons. The second-order valence-corrected chi connectivity index (χ2v) is 8.88. The van der Waals surface area contributed by atoms with Gasteiger partial charge in [0, 0.05) is 0 Å². The maximum atomic E-state index is 13.7. The molecule has 28 heavy (non-hydrogen) atoms. The van der Waals surface area contributed by atoms with Crippen molar-refractivity contribution in [3.05, 3.63) is 29.8 Å². The molecule has 1 N–H and O–H groups in total. The summed E-state index contributed by atoms with van der Waals surface area (Å²) in [7, 11) is -4.58. The molecule has 6 nitrogen and oxygen atoms in total. The summed E-state index contributed by atoms with van der Waals surface area (Å²) in [6.45, 7) is 4.57. The highest BCUT2D eigenvalue weighted by Gasteiger charge is 2.51. The van der Waals surface area contributed by atoms with Crippen molar-refractivity contribution in [3.8, 4) is 0 Å². The van der Waals surface area contributed by atoms with Crippen LogP contribution >= 0.6 is 24.0 Å². The maximum absolute atomic E-state index is 13.7. The molecular weight excluding hydrogens is 439 g/mol. The third-order valence-electron chi connectivity index (χ3n) is 3.27. The molecule has 0 bridgehead atoms. The Bertz CT molecular complexity index is 782. The zero-order chi connectivity index (χ0) is 21.5. The van der Waals surface area contributed by atoms with Gasteiger partial charge in [-0.15, -0.1) is 0 Å². The number of esters is 1. The Morgan fingerprint density at radius 1 is 1.18 bits per heavy atom. The van der Waals surface area contributed by atoms with Crippen LogP contribution in [0.5, 0.6) is 0 Å². The smallest absolute Gasteiger partial charge is 0.406 e. The summed E-state index contributed by atoms with van der Waals surface area (Å²) in [5.41, 5.74) is 0.730. The van der Waals surface area contributed by atoms with Gasteiger partial charge in [-0.3, -0.25) is 4.79 Å². The number of carbonyl (C=O) groups excluding carboxylic acids is 1. The minimum atomic E-state index is -5.09. The first-order valence-electron chi connectivity index (χ1n) is 8.08. The minimum absolute atomic E-state index is 0.0765. The highest BCUT2D eigenvalue weighted by Crippen LogP contribution is 2.32. The summed E-state index contributed by atoms with van der Waals surface area (Å²) >= 11 is 5.09. The number of hydrogen-bond donors (Lipinski definition) is 1. The molecule has 0 saturated heterocycles. The lowest BCUT2D eigenvalue weighted by molar-refractivity contribution is -0.164. The number of hydrogen-bond acceptors (Lipinski definition) is 7. The van der Waals surface area contributed by atoms with Crippen LogP contribution in [0.2, 0.25) is 0 Å². The molecule has 0 spiro atoms. The third-order valence-corrected chi connectivity index (χ3v) is 6.17. The standard InChI is InChI=1S/C16H20F3NO5S3/c1-4-24-14(21)12(27-15(26)25-5-2)13(16(17,18)19)20-28(22,23)11-8-6-10(3)7-9-11/h6-9,12-13,20H,4-5H2,1-3H3/t12-,13-/m0/s1. The lowest BCUT2D eigenvalue weighted by Gasteiger charge is -2.27. The van der Waals surface area contributed by atoms with Gasteiger partial charge in [0.2, 0.25) is 14.4 Å². The fourth-order valence-electron chi connectivity index (χ4n) is 1.99. The van der Waals surface area contributed by atoms with Gasteiger partial charge in [-0.1, -0.05) is 29.5 Å². The first-order chi connectivity index (χ1) is 12.9. The number of thioether (sulfide) groups is 1. The predicted molar refractivity (Wildman–Crippen MR) is 104 cm³/mol. The summed E-state index contributed by atoms with van der Waals surface area (Å²) in [6.07, 6.45) is -5.09. The molecule has 1 aromatic rings. The Kier molecular flexibility index (Phi) is 9.18. The zero-order valence-corrected chi connectivity index (χ0v) is 17.7. The van der Waals surface area contributed by atoms with E-state index in [0.717, 1.165) is 5.56 Å². The van der Waals surface area contributed by atoms with Crippen LogP contribution < -0.4 is 4.72 Å². The molecule has 0 heterocycles. The summed E-state index contributed by atoms with van der Waals surface area (Å²) in [5, 5.41) is -2.01. The van der Waals surface area contributed by atoms with E-state index in [1.807, 2.05) is 0 Å². The van der Waals surface area contributed by atoms with Crippen LogP contribution in [0.1, 0.15) is 19.4 Å². The molecule has 0 aliphatic rings. The van der Waals surface area contributed by atoms with E-state index in [1.165, 1.54) is 31.2 Å². The van der Waals surface area contributed by atoms with E-state index in [9.17, 15) is 26.4 Å². The fraction of sp³-hybridized carbons (Fsp3) is 0.500. The summed E-state index contributed by atoms with van der Waals surface area (Å²) in [5.74, 6) is -1.26. The molecular formula is C16H20F3NO5S3. The van der Waals surface area contributed by atoms with Crippen molar-refractivity contribution in [2.75, 3.05) is 13.2 Å². The Hall–Kier alpha value is -1.37. The normalized spacial score (nSPS) is 14.2. The third kappa shape index (κ3) is 7.22. The number of thiocarbonyl (C=S) groups is 1. The highest BCUT2D eigenvalue weighted by molar-refractivity contribution is 8.23. The van der Waals surface area contributed by atoms with Crippen molar-refractivity contribution in [2.24, 2.45) is 0 Å². The van der Waals surface area contributed by atoms with Gasteiger partial charge in [0.25, 0.3) is 0 Å². The summed E-state index contributed by atoms with van der Waals surface area (Å²) in [6, 6.07) is 2.45. The van der Waals surface area contributed by atoms with E-state index in [2.05, 4.69) is 4.74 Å². The van der Waals surface area contributed by atoms with Crippen molar-refractivity contribution >= 4 is 44.4 Å². The number of benzene rings is 1. The zero-order valence-electron chi connectivity index (χ0n) is 15.3. The molecule has 1 aromatic carbocycles. The van der Waals surface area contributed by atoms with Crippen LogP contribution in [0.15, 0.2) is 29.2 Å². The van der Waals surface area contributed by atoms with Crippen LogP contribution in [-0.4, -0.2) is 49.5 Å². The van der Waals surface area contributed by atoms with Crippen LogP contribution in [0, 0.1) is 6.92 Å². The maximum Gasteiger partial charge on any atom is 0.406 e. The van der Waals surface area contributed by atoms with Gasteiger partial charge in [0.15, 0.2) is 0 Å². The minimum Gasteiger partial charge on any atom is -0.479 e. The molecule has 0 amide bonds. The quantitative estimate of drug-likeness (QED) is 0.472. The molecule has 1 rings (SSSR count). The molecule has 158 valence electrons. The van der Waals surface area contributed by atoms with E-state index < -0.39 is 33.5 Å². The van der Waals surface area contributed by atoms with E-state index in [-0.39, 0.29) is 34.3 Å². The Morgan fingerprint density at radius 2 is 1.71 bits per heavy atom. The average molecular weight is 460 g/mol. The first-order valence-corrected chi connectivity index (χ1v) is 10.8. The second kappa shape index (κ2) is 10.4. The van der Waals surface area contributed by atoms with Crippen LogP contribution in [0.4, 0.5) is 13.2 Å². The largest absolute Gasteiger partial charge is 0.479 e. The number of aryl methyl sites for hydroxylation is 1. The number of ether oxygens (including phenoxy) is 2. The van der Waals surface area contributed by atoms with Gasteiger partial charge < -0.3 is 9.47 Å². The number of alkyl halides is 3. The van der Waals surface area contributed by atoms with E-state index in [0.29, 0.717) is 0 Å². The van der Waals surface area contributed by atoms with Gasteiger partial charge in [0.1, 0.15) is 11.3 Å². The number of nitrogens with one attached hydrogen (secondary N) is 1. The Morgan fingerprint density at radius 3 is 2.18 bits per heavy atom. The second-order valence-electron chi connectivity index (χ2n) is 5.43. The van der Waals surface area contributed by atoms with Crippen molar-refractivity contribution in [1.29, 1.82) is 0 Å². The molecule has 12 heteroatoms. The van der Waals surface area contributed by atoms with Crippen molar-refractivity contribution in [1.82, 2.24) is 4.72 Å². The predicted octanol–water partition coefficient (Wildman–Crippen LogP) is 3.19. The molecule has 0 aliphatic carbocycles. The van der Waals surface area contributed by atoms with Crippen molar-refractivity contribution in [3.63, 3.8) is 0 Å². The molecule has 0 unspecified atom stereocenters. The van der Waals surface area contributed by atoms with E-state index in [1.54, 1.807) is 18.6 Å². The van der Waals surface area contributed by atoms with Gasteiger partial charge in [-0.05, 0) is 45.1 Å². The van der Waals surface area contributed by atoms with Gasteiger partial charge in [-0.25, -0.2) is 8.42 Å². The lowest BCUT2D eigenvalue weighted by Crippen LogP contribution is -2.54. The van der Waals surface area contributed by atoms with Gasteiger partial charge in [0.05, 0.1) is 18.1 Å². The Labute approximate surface area is 171 Å². The molecule has 0 aliphatic heterocycles. The Balaban J connectivity index is 3.28. The SMILES string of the molecule is CCOC(=O)[C@@H](SC(=S)OCC)[C@H](NS(=O)(=O)c1ccc(C)cc1)C(F)(F)F.